The van der Waals surface area contributed by atoms with Crippen LogP contribution >= 0.6 is 11.3 Å². The van der Waals surface area contributed by atoms with Crippen LogP contribution < -0.4 is 11.1 Å². The first-order valence-electron chi connectivity index (χ1n) is 5.17. The van der Waals surface area contributed by atoms with Crippen LogP contribution in [0.4, 0.5) is 0 Å². The molecule has 1 unspecified atom stereocenters. The standard InChI is InChI=1S/C11H18N2O3S/c1-11(9(12)14,10(15-2)16-3)13-7-8-5-4-6-17-8/h4-6,10,13H,7H2,1-3H3,(H2,12,14). The molecule has 1 aromatic heterocycles. The molecule has 3 N–H and O–H groups in total. The van der Waals surface area contributed by atoms with Gasteiger partial charge in [0.2, 0.25) is 5.91 Å². The van der Waals surface area contributed by atoms with Gasteiger partial charge in [-0.3, -0.25) is 10.1 Å². The molecule has 0 aliphatic rings. The summed E-state index contributed by atoms with van der Waals surface area (Å²) < 4.78 is 10.2. The molecule has 0 aliphatic carbocycles. The molecule has 0 fully saturated rings. The van der Waals surface area contributed by atoms with Crippen molar-refractivity contribution in [2.24, 2.45) is 5.73 Å². The van der Waals surface area contributed by atoms with Crippen LogP contribution in [-0.2, 0) is 20.8 Å². The van der Waals surface area contributed by atoms with Gasteiger partial charge in [0.25, 0.3) is 0 Å². The third-order valence-electron chi connectivity index (χ3n) is 2.62. The zero-order valence-electron chi connectivity index (χ0n) is 10.2. The number of carbonyl (C=O) groups is 1. The van der Waals surface area contributed by atoms with E-state index in [2.05, 4.69) is 5.32 Å². The number of hydrogen-bond acceptors (Lipinski definition) is 5. The molecule has 0 saturated heterocycles. The van der Waals surface area contributed by atoms with Crippen molar-refractivity contribution in [2.75, 3.05) is 14.2 Å². The first-order chi connectivity index (χ1) is 8.04. The number of primary amides is 1. The maximum absolute atomic E-state index is 11.5. The molecule has 1 amide bonds. The maximum atomic E-state index is 11.5. The molecule has 1 atom stereocenters. The fourth-order valence-electron chi connectivity index (χ4n) is 1.54. The summed E-state index contributed by atoms with van der Waals surface area (Å²) in [6.45, 7) is 2.21. The number of hydrogen-bond donors (Lipinski definition) is 2. The molecule has 0 radical (unpaired) electrons. The number of nitrogens with one attached hydrogen (secondary N) is 1. The van der Waals surface area contributed by atoms with E-state index in [1.807, 2.05) is 17.5 Å². The van der Waals surface area contributed by atoms with E-state index in [0.29, 0.717) is 6.54 Å². The minimum absolute atomic E-state index is 0.511. The zero-order valence-corrected chi connectivity index (χ0v) is 11.0. The summed E-state index contributed by atoms with van der Waals surface area (Å²) in [4.78, 5) is 12.7. The lowest BCUT2D eigenvalue weighted by molar-refractivity contribution is -0.166. The molecule has 17 heavy (non-hydrogen) atoms. The average molecular weight is 258 g/mol. The fraction of sp³-hybridized carbons (Fsp3) is 0.545. The minimum Gasteiger partial charge on any atom is -0.368 e. The number of nitrogens with two attached hydrogens (primary N) is 1. The number of rotatable bonds is 7. The van der Waals surface area contributed by atoms with Crippen LogP contribution in [-0.4, -0.2) is 32.0 Å². The molecule has 0 spiro atoms. The molecule has 5 nitrogen and oxygen atoms in total. The highest BCUT2D eigenvalue weighted by Crippen LogP contribution is 2.16. The Labute approximate surface area is 105 Å². The van der Waals surface area contributed by atoms with Crippen LogP contribution in [0.15, 0.2) is 17.5 Å². The van der Waals surface area contributed by atoms with Crippen molar-refractivity contribution in [1.29, 1.82) is 0 Å². The topological polar surface area (TPSA) is 73.6 Å². The monoisotopic (exact) mass is 258 g/mol. The second kappa shape index (κ2) is 6.11. The van der Waals surface area contributed by atoms with E-state index >= 15 is 0 Å². The van der Waals surface area contributed by atoms with Gasteiger partial charge in [0, 0.05) is 25.6 Å². The quantitative estimate of drug-likeness (QED) is 0.706. The SMILES string of the molecule is COC(OC)C(C)(NCc1cccs1)C(N)=O. The molecule has 1 aromatic rings. The van der Waals surface area contributed by atoms with Gasteiger partial charge in [-0.2, -0.15) is 0 Å². The Morgan fingerprint density at radius 3 is 2.65 bits per heavy atom. The second-order valence-corrected chi connectivity index (χ2v) is 4.84. The number of methoxy groups -OCH3 is 2. The Morgan fingerprint density at radius 2 is 2.24 bits per heavy atom. The highest BCUT2D eigenvalue weighted by Gasteiger charge is 2.40. The number of carbonyl (C=O) groups excluding carboxylic acids is 1. The Balaban J connectivity index is 2.74. The highest BCUT2D eigenvalue weighted by molar-refractivity contribution is 7.09. The molecule has 6 heteroatoms. The third-order valence-corrected chi connectivity index (χ3v) is 3.50. The molecule has 1 heterocycles. The van der Waals surface area contributed by atoms with Crippen LogP contribution in [0.1, 0.15) is 11.8 Å². The van der Waals surface area contributed by atoms with E-state index in [9.17, 15) is 4.79 Å². The molecule has 0 aliphatic heterocycles. The maximum Gasteiger partial charge on any atom is 0.242 e. The van der Waals surface area contributed by atoms with Gasteiger partial charge in [-0.25, -0.2) is 0 Å². The van der Waals surface area contributed by atoms with Gasteiger partial charge in [-0.05, 0) is 18.4 Å². The molecular weight excluding hydrogens is 240 g/mol. The average Bonchev–Trinajstić information content (AvgIpc) is 2.80. The highest BCUT2D eigenvalue weighted by atomic mass is 32.1. The van der Waals surface area contributed by atoms with Gasteiger partial charge >= 0.3 is 0 Å². The first kappa shape index (κ1) is 14.1. The molecule has 96 valence electrons. The zero-order chi connectivity index (χ0) is 12.9. The van der Waals surface area contributed by atoms with Crippen molar-refractivity contribution in [2.45, 2.75) is 25.3 Å². The molecule has 0 saturated carbocycles. The normalized spacial score (nSPS) is 14.8. The van der Waals surface area contributed by atoms with Gasteiger partial charge in [-0.1, -0.05) is 6.07 Å². The van der Waals surface area contributed by atoms with E-state index < -0.39 is 17.7 Å². The molecule has 1 rings (SSSR count). The Morgan fingerprint density at radius 1 is 1.59 bits per heavy atom. The Bertz CT molecular complexity index is 352. The van der Waals surface area contributed by atoms with Gasteiger partial charge < -0.3 is 15.2 Å². The van der Waals surface area contributed by atoms with Crippen molar-refractivity contribution in [1.82, 2.24) is 5.32 Å². The van der Waals surface area contributed by atoms with E-state index in [1.54, 1.807) is 18.3 Å². The lowest BCUT2D eigenvalue weighted by atomic mass is 10.0. The summed E-state index contributed by atoms with van der Waals surface area (Å²) in [7, 11) is 2.95. The second-order valence-electron chi connectivity index (χ2n) is 3.80. The van der Waals surface area contributed by atoms with Crippen LogP contribution in [0, 0.1) is 0 Å². The third kappa shape index (κ3) is 3.26. The predicted octanol–water partition coefficient (Wildman–Crippen LogP) is 0.701. The van der Waals surface area contributed by atoms with E-state index in [0.717, 1.165) is 4.88 Å². The first-order valence-corrected chi connectivity index (χ1v) is 6.05. The molecular formula is C11H18N2O3S. The van der Waals surface area contributed by atoms with E-state index in [1.165, 1.54) is 14.2 Å². The summed E-state index contributed by atoms with van der Waals surface area (Å²) in [6.07, 6.45) is -0.722. The summed E-state index contributed by atoms with van der Waals surface area (Å²) in [5.41, 5.74) is 4.34. The van der Waals surface area contributed by atoms with Crippen molar-refractivity contribution in [3.05, 3.63) is 22.4 Å². The smallest absolute Gasteiger partial charge is 0.242 e. The van der Waals surface area contributed by atoms with E-state index in [4.69, 9.17) is 15.2 Å². The minimum atomic E-state index is -1.06. The fourth-order valence-corrected chi connectivity index (χ4v) is 2.18. The molecule has 0 aromatic carbocycles. The number of thiophene rings is 1. The van der Waals surface area contributed by atoms with Crippen LogP contribution in [0.3, 0.4) is 0 Å². The largest absolute Gasteiger partial charge is 0.368 e. The number of ether oxygens (including phenoxy) is 2. The Hall–Kier alpha value is -0.950. The lowest BCUT2D eigenvalue weighted by Gasteiger charge is -2.33. The summed E-state index contributed by atoms with van der Waals surface area (Å²) >= 11 is 1.61. The molecule has 0 bridgehead atoms. The van der Waals surface area contributed by atoms with Gasteiger partial charge in [0.15, 0.2) is 6.29 Å². The summed E-state index contributed by atoms with van der Waals surface area (Å²) in [5, 5.41) is 5.06. The van der Waals surface area contributed by atoms with E-state index in [-0.39, 0.29) is 0 Å². The van der Waals surface area contributed by atoms with Gasteiger partial charge in [0.05, 0.1) is 0 Å². The number of amides is 1. The summed E-state index contributed by atoms with van der Waals surface area (Å²) in [6, 6.07) is 3.93. The van der Waals surface area contributed by atoms with Gasteiger partial charge in [0.1, 0.15) is 5.54 Å². The van der Waals surface area contributed by atoms with Crippen LogP contribution in [0.25, 0.3) is 0 Å². The van der Waals surface area contributed by atoms with Crippen LogP contribution in [0.2, 0.25) is 0 Å². The van der Waals surface area contributed by atoms with Crippen molar-refractivity contribution < 1.29 is 14.3 Å². The van der Waals surface area contributed by atoms with Gasteiger partial charge in [-0.15, -0.1) is 11.3 Å². The van der Waals surface area contributed by atoms with Crippen molar-refractivity contribution in [3.8, 4) is 0 Å². The van der Waals surface area contributed by atoms with Crippen molar-refractivity contribution >= 4 is 17.2 Å². The predicted molar refractivity (Wildman–Crippen MR) is 66.6 cm³/mol. The van der Waals surface area contributed by atoms with Crippen LogP contribution in [0.5, 0.6) is 0 Å². The lowest BCUT2D eigenvalue weighted by Crippen LogP contribution is -2.61. The Kier molecular flexibility index (Phi) is 5.07. The van der Waals surface area contributed by atoms with Crippen molar-refractivity contribution in [3.63, 3.8) is 0 Å². The summed E-state index contributed by atoms with van der Waals surface area (Å²) in [5.74, 6) is -0.511.